The van der Waals surface area contributed by atoms with Crippen LogP contribution in [-0.4, -0.2) is 98.9 Å². The van der Waals surface area contributed by atoms with Crippen LogP contribution in [0.3, 0.4) is 0 Å². The lowest BCUT2D eigenvalue weighted by Crippen LogP contribution is -2.60. The van der Waals surface area contributed by atoms with Crippen molar-refractivity contribution in [1.82, 2.24) is 10.2 Å². The van der Waals surface area contributed by atoms with Crippen molar-refractivity contribution in [3.05, 3.63) is 0 Å². The summed E-state index contributed by atoms with van der Waals surface area (Å²) in [5.41, 5.74) is 10.6. The number of carbonyl (C=O) groups excluding carboxylic acids is 2. The molecular weight excluding hydrogens is 340 g/mol. The minimum atomic E-state index is -1.78. The van der Waals surface area contributed by atoms with Crippen molar-refractivity contribution in [2.45, 2.75) is 49.1 Å². The average Bonchev–Trinajstić information content (AvgIpc) is 2.93. The monoisotopic (exact) mass is 362 g/mol. The van der Waals surface area contributed by atoms with Gasteiger partial charge >= 0.3 is 5.97 Å². The molecule has 12 heteroatoms. The summed E-state index contributed by atoms with van der Waals surface area (Å²) in [6, 6.07) is -3.43. The number of nitrogens with two attached hydrogens (primary N) is 2. The van der Waals surface area contributed by atoms with Crippen molar-refractivity contribution in [2.75, 3.05) is 13.1 Å². The molecule has 0 radical (unpaired) electrons. The van der Waals surface area contributed by atoms with E-state index in [9.17, 15) is 34.8 Å². The molecule has 0 aromatic rings. The molecule has 142 valence electrons. The van der Waals surface area contributed by atoms with Crippen LogP contribution in [-0.2, 0) is 19.1 Å². The molecule has 2 amide bonds. The molecule has 12 nitrogen and oxygen atoms in total. The second-order valence-corrected chi connectivity index (χ2v) is 6.01. The average molecular weight is 362 g/mol. The first-order valence-electron chi connectivity index (χ1n) is 7.65. The Morgan fingerprint density at radius 1 is 1.36 bits per heavy atom. The zero-order valence-electron chi connectivity index (χ0n) is 13.2. The first-order valence-corrected chi connectivity index (χ1v) is 7.65. The van der Waals surface area contributed by atoms with Gasteiger partial charge in [-0.25, -0.2) is 4.79 Å². The van der Waals surface area contributed by atoms with Crippen molar-refractivity contribution in [1.29, 1.82) is 0 Å². The minimum absolute atomic E-state index is 0.00484. The van der Waals surface area contributed by atoms with Gasteiger partial charge in [0.25, 0.3) is 0 Å². The molecule has 0 spiro atoms. The van der Waals surface area contributed by atoms with Gasteiger partial charge in [0.05, 0.1) is 19.1 Å². The summed E-state index contributed by atoms with van der Waals surface area (Å²) < 4.78 is 5.37. The van der Waals surface area contributed by atoms with Gasteiger partial charge < -0.3 is 46.8 Å². The number of aliphatic hydroxyl groups is 3. The van der Waals surface area contributed by atoms with Crippen LogP contribution in [0.1, 0.15) is 6.42 Å². The van der Waals surface area contributed by atoms with Gasteiger partial charge in [0, 0.05) is 6.54 Å². The predicted octanol–water partition coefficient (Wildman–Crippen LogP) is -5.12. The molecule has 0 saturated carbocycles. The molecule has 7 atom stereocenters. The van der Waals surface area contributed by atoms with Crippen LogP contribution in [0.2, 0.25) is 0 Å². The Bertz CT molecular complexity index is 546. The lowest BCUT2D eigenvalue weighted by Gasteiger charge is -2.31. The number of amides is 2. The number of carboxylic acids is 1. The van der Waals surface area contributed by atoms with Crippen LogP contribution >= 0.6 is 0 Å². The van der Waals surface area contributed by atoms with E-state index in [1.54, 1.807) is 0 Å². The minimum Gasteiger partial charge on any atom is -0.480 e. The largest absolute Gasteiger partial charge is 0.480 e. The molecule has 25 heavy (non-hydrogen) atoms. The first-order chi connectivity index (χ1) is 11.7. The Morgan fingerprint density at radius 2 is 2.00 bits per heavy atom. The summed E-state index contributed by atoms with van der Waals surface area (Å²) in [5.74, 6) is -2.81. The zero-order chi connectivity index (χ0) is 18.9. The molecule has 0 bridgehead atoms. The highest BCUT2D eigenvalue weighted by molar-refractivity contribution is 5.87. The van der Waals surface area contributed by atoms with Crippen LogP contribution in [0, 0.1) is 0 Å². The molecule has 2 aliphatic rings. The lowest BCUT2D eigenvalue weighted by molar-refractivity contribution is -0.161. The number of aliphatic hydroxyl groups excluding tert-OH is 3. The smallest absolute Gasteiger partial charge is 0.329 e. The fourth-order valence-corrected chi connectivity index (χ4v) is 2.68. The molecule has 0 aromatic heterocycles. The summed E-state index contributed by atoms with van der Waals surface area (Å²) in [5, 5.41) is 40.5. The van der Waals surface area contributed by atoms with Crippen LogP contribution in [0.4, 0.5) is 0 Å². The van der Waals surface area contributed by atoms with Gasteiger partial charge in [0.1, 0.15) is 30.6 Å². The van der Waals surface area contributed by atoms with Crippen molar-refractivity contribution in [2.24, 2.45) is 11.5 Å². The third kappa shape index (κ3) is 3.89. The van der Waals surface area contributed by atoms with Crippen LogP contribution in [0.15, 0.2) is 0 Å². The van der Waals surface area contributed by atoms with Gasteiger partial charge in [-0.15, -0.1) is 0 Å². The number of hydrogen-bond donors (Lipinski definition) is 7. The number of aliphatic carboxylic acids is 1. The Balaban J connectivity index is 1.99. The Labute approximate surface area is 142 Å². The molecule has 9 N–H and O–H groups in total. The van der Waals surface area contributed by atoms with E-state index in [-0.39, 0.29) is 25.4 Å². The van der Waals surface area contributed by atoms with E-state index in [1.165, 1.54) is 4.90 Å². The molecular formula is C13H22N4O8. The fourth-order valence-electron chi connectivity index (χ4n) is 2.68. The molecule has 0 aliphatic carbocycles. The molecule has 0 aromatic carbocycles. The number of hydrogen-bond acceptors (Lipinski definition) is 9. The standard InChI is InChI=1S/C13H22N4O8/c14-2-4(18)10(20)8(15)12(22)16-9(13(23)24)11(21)5-3-17-6(19)1-7(17)25-5/h4-5,7-11,18,20-21H,1-3,14-15H2,(H,16,22)(H,23,24)/t4?,5-,7+,8+,9+,10?,11?/m1/s1. The van der Waals surface area contributed by atoms with Gasteiger partial charge in [-0.2, -0.15) is 0 Å². The number of rotatable bonds is 8. The van der Waals surface area contributed by atoms with Crippen molar-refractivity contribution >= 4 is 17.8 Å². The maximum absolute atomic E-state index is 12.0. The molecule has 2 saturated heterocycles. The highest BCUT2D eigenvalue weighted by Gasteiger charge is 2.49. The third-order valence-electron chi connectivity index (χ3n) is 4.32. The maximum Gasteiger partial charge on any atom is 0.329 e. The number of ether oxygens (including phenoxy) is 1. The predicted molar refractivity (Wildman–Crippen MR) is 79.6 cm³/mol. The summed E-state index contributed by atoms with van der Waals surface area (Å²) in [6.45, 7) is -0.348. The van der Waals surface area contributed by atoms with Crippen molar-refractivity contribution < 1.29 is 39.5 Å². The maximum atomic E-state index is 12.0. The number of carboxylic acid groups (broad SMARTS) is 1. The zero-order valence-corrected chi connectivity index (χ0v) is 13.2. The van der Waals surface area contributed by atoms with E-state index >= 15 is 0 Å². The highest BCUT2D eigenvalue weighted by Crippen LogP contribution is 2.30. The fraction of sp³-hybridized carbons (Fsp3) is 0.769. The SMILES string of the molecule is NCC(O)C(O)[C@H](N)C(=O)N[C@H](C(=O)O)C(O)[C@H]1CN2C(=O)C[C@@H]2O1. The van der Waals surface area contributed by atoms with E-state index in [0.717, 1.165) is 0 Å². The number of carbonyl (C=O) groups is 3. The Kier molecular flexibility index (Phi) is 5.92. The summed E-state index contributed by atoms with van der Waals surface area (Å²) in [7, 11) is 0. The molecule has 3 unspecified atom stereocenters. The lowest BCUT2D eigenvalue weighted by atomic mass is 10.0. The van der Waals surface area contributed by atoms with Crippen molar-refractivity contribution in [3.63, 3.8) is 0 Å². The van der Waals surface area contributed by atoms with E-state index in [1.807, 2.05) is 5.32 Å². The topological polar surface area (TPSA) is 209 Å². The van der Waals surface area contributed by atoms with Crippen LogP contribution in [0.5, 0.6) is 0 Å². The summed E-state index contributed by atoms with van der Waals surface area (Å²) in [4.78, 5) is 36.0. The second kappa shape index (κ2) is 7.59. The summed E-state index contributed by atoms with van der Waals surface area (Å²) >= 11 is 0. The number of nitrogens with one attached hydrogen (secondary N) is 1. The highest BCUT2D eigenvalue weighted by atomic mass is 16.5. The molecule has 2 rings (SSSR count). The Hall–Kier alpha value is -1.83. The van der Waals surface area contributed by atoms with Gasteiger partial charge in [0.15, 0.2) is 6.04 Å². The normalized spacial score (nSPS) is 28.4. The quantitative estimate of drug-likeness (QED) is 0.204. The first kappa shape index (κ1) is 19.5. The number of β-lactam (4-membered cyclic amide) rings is 1. The number of fused-ring (bicyclic) bond motifs is 1. The van der Waals surface area contributed by atoms with Crippen LogP contribution < -0.4 is 16.8 Å². The molecule has 2 fully saturated rings. The molecule has 2 aliphatic heterocycles. The molecule has 2 heterocycles. The van der Waals surface area contributed by atoms with E-state index in [4.69, 9.17) is 16.2 Å². The van der Waals surface area contributed by atoms with Crippen molar-refractivity contribution in [3.8, 4) is 0 Å². The van der Waals surface area contributed by atoms with E-state index < -0.39 is 54.6 Å². The number of nitrogens with zero attached hydrogens (tertiary/aromatic N) is 1. The van der Waals surface area contributed by atoms with Gasteiger partial charge in [-0.05, 0) is 0 Å². The van der Waals surface area contributed by atoms with E-state index in [0.29, 0.717) is 0 Å². The van der Waals surface area contributed by atoms with Gasteiger partial charge in [-0.3, -0.25) is 9.59 Å². The third-order valence-corrected chi connectivity index (χ3v) is 4.32. The van der Waals surface area contributed by atoms with E-state index in [2.05, 4.69) is 0 Å². The Morgan fingerprint density at radius 3 is 2.48 bits per heavy atom. The summed E-state index contributed by atoms with van der Waals surface area (Å²) in [6.07, 6.45) is -6.17. The van der Waals surface area contributed by atoms with Gasteiger partial charge in [0.2, 0.25) is 11.8 Å². The van der Waals surface area contributed by atoms with Crippen LogP contribution in [0.25, 0.3) is 0 Å². The second-order valence-electron chi connectivity index (χ2n) is 6.01. The van der Waals surface area contributed by atoms with Gasteiger partial charge in [-0.1, -0.05) is 0 Å².